The van der Waals surface area contributed by atoms with E-state index in [9.17, 15) is 10.1 Å². The third-order valence-electron chi connectivity index (χ3n) is 2.21. The number of nitrogens with zero attached hydrogens (tertiary/aromatic N) is 1. The van der Waals surface area contributed by atoms with Crippen molar-refractivity contribution in [1.29, 1.82) is 0 Å². The zero-order chi connectivity index (χ0) is 9.42. The Hall–Kier alpha value is -0.650. The number of nitro groups is 1. The van der Waals surface area contributed by atoms with Gasteiger partial charge in [0, 0.05) is 15.2 Å². The molecule has 0 unspecified atom stereocenters. The van der Waals surface area contributed by atoms with Crippen molar-refractivity contribution in [2.45, 2.75) is 18.8 Å². The first-order valence-electron chi connectivity index (χ1n) is 4.13. The highest BCUT2D eigenvalue weighted by Gasteiger charge is 2.32. The molecule has 1 aliphatic carbocycles. The Labute approximate surface area is 89.4 Å². The Kier molecular flexibility index (Phi) is 2.23. The van der Waals surface area contributed by atoms with Crippen LogP contribution in [0.4, 0.5) is 5.69 Å². The Morgan fingerprint density at radius 1 is 1.46 bits per heavy atom. The summed E-state index contributed by atoms with van der Waals surface area (Å²) in [7, 11) is 0. The maximum atomic E-state index is 10.7. The van der Waals surface area contributed by atoms with Crippen molar-refractivity contribution in [3.05, 3.63) is 37.4 Å². The van der Waals surface area contributed by atoms with Gasteiger partial charge in [0.15, 0.2) is 0 Å². The molecule has 68 valence electrons. The van der Waals surface area contributed by atoms with Crippen molar-refractivity contribution in [2.75, 3.05) is 0 Å². The van der Waals surface area contributed by atoms with E-state index in [-0.39, 0.29) is 10.6 Å². The monoisotopic (exact) mass is 289 g/mol. The van der Waals surface area contributed by atoms with E-state index in [1.807, 2.05) is 6.07 Å². The van der Waals surface area contributed by atoms with Crippen molar-refractivity contribution in [2.24, 2.45) is 0 Å². The molecular formula is C9H8INO2. The number of halogens is 1. The van der Waals surface area contributed by atoms with E-state index in [1.165, 1.54) is 0 Å². The van der Waals surface area contributed by atoms with Crippen LogP contribution in [-0.2, 0) is 0 Å². The summed E-state index contributed by atoms with van der Waals surface area (Å²) in [6, 6.07) is 5.27. The molecule has 1 saturated carbocycles. The molecule has 3 nitrogen and oxygen atoms in total. The van der Waals surface area contributed by atoms with Crippen LogP contribution in [0.2, 0.25) is 0 Å². The molecule has 4 heteroatoms. The van der Waals surface area contributed by atoms with E-state index in [2.05, 4.69) is 22.6 Å². The van der Waals surface area contributed by atoms with Gasteiger partial charge in [0.25, 0.3) is 5.69 Å². The molecule has 0 atom stereocenters. The summed E-state index contributed by atoms with van der Waals surface area (Å²) in [5, 5.41) is 10.7. The normalized spacial score (nSPS) is 15.8. The minimum atomic E-state index is -0.282. The minimum Gasteiger partial charge on any atom is -0.258 e. The molecular weight excluding hydrogens is 281 g/mol. The van der Waals surface area contributed by atoms with Gasteiger partial charge in [-0.25, -0.2) is 0 Å². The molecule has 0 aromatic heterocycles. The van der Waals surface area contributed by atoms with E-state index in [0.717, 1.165) is 22.0 Å². The first-order valence-corrected chi connectivity index (χ1v) is 5.21. The van der Waals surface area contributed by atoms with Crippen LogP contribution in [0.5, 0.6) is 0 Å². The van der Waals surface area contributed by atoms with Gasteiger partial charge in [-0.15, -0.1) is 0 Å². The zero-order valence-electron chi connectivity index (χ0n) is 6.87. The molecule has 1 aromatic rings. The van der Waals surface area contributed by atoms with Crippen LogP contribution in [-0.4, -0.2) is 4.92 Å². The van der Waals surface area contributed by atoms with Crippen molar-refractivity contribution in [3.63, 3.8) is 0 Å². The van der Waals surface area contributed by atoms with E-state index in [1.54, 1.807) is 12.1 Å². The van der Waals surface area contributed by atoms with Gasteiger partial charge in [0.1, 0.15) is 0 Å². The number of hydrogen-bond acceptors (Lipinski definition) is 2. The maximum absolute atomic E-state index is 10.7. The van der Waals surface area contributed by atoms with Gasteiger partial charge in [-0.2, -0.15) is 0 Å². The lowest BCUT2D eigenvalue weighted by atomic mass is 10.1. The number of rotatable bonds is 2. The van der Waals surface area contributed by atoms with E-state index in [0.29, 0.717) is 5.92 Å². The van der Waals surface area contributed by atoms with Crippen LogP contribution in [0.15, 0.2) is 18.2 Å². The summed E-state index contributed by atoms with van der Waals surface area (Å²) in [5.74, 6) is 0.438. The predicted molar refractivity (Wildman–Crippen MR) is 57.8 cm³/mol. The Morgan fingerprint density at radius 2 is 2.15 bits per heavy atom. The van der Waals surface area contributed by atoms with Crippen LogP contribution < -0.4 is 0 Å². The standard InChI is InChI=1S/C9H8INO2/c10-7-2-1-3-8(11(12)13)9(7)6-4-5-6/h1-3,6H,4-5H2. The van der Waals surface area contributed by atoms with Crippen LogP contribution in [0.1, 0.15) is 24.3 Å². The minimum absolute atomic E-state index is 0.282. The zero-order valence-corrected chi connectivity index (χ0v) is 9.02. The third kappa shape index (κ3) is 1.67. The molecule has 2 rings (SSSR count). The van der Waals surface area contributed by atoms with Gasteiger partial charge in [0.05, 0.1) is 4.92 Å². The Morgan fingerprint density at radius 3 is 2.69 bits per heavy atom. The Bertz CT molecular complexity index is 361. The third-order valence-corrected chi connectivity index (χ3v) is 3.15. The van der Waals surface area contributed by atoms with Gasteiger partial charge in [0.2, 0.25) is 0 Å². The molecule has 1 fully saturated rings. The lowest BCUT2D eigenvalue weighted by Gasteiger charge is -2.02. The quantitative estimate of drug-likeness (QED) is 0.477. The van der Waals surface area contributed by atoms with Crippen molar-refractivity contribution >= 4 is 28.3 Å². The summed E-state index contributed by atoms with van der Waals surface area (Å²) in [5.41, 5.74) is 1.22. The van der Waals surface area contributed by atoms with E-state index >= 15 is 0 Å². The van der Waals surface area contributed by atoms with Crippen LogP contribution in [0.3, 0.4) is 0 Å². The van der Waals surface area contributed by atoms with E-state index < -0.39 is 0 Å². The fourth-order valence-electron chi connectivity index (χ4n) is 1.46. The molecule has 1 aromatic carbocycles. The number of nitro benzene ring substituents is 1. The fourth-order valence-corrected chi connectivity index (χ4v) is 2.39. The first-order chi connectivity index (χ1) is 6.20. The lowest BCUT2D eigenvalue weighted by molar-refractivity contribution is -0.385. The maximum Gasteiger partial charge on any atom is 0.273 e. The van der Waals surface area contributed by atoms with Crippen molar-refractivity contribution in [1.82, 2.24) is 0 Å². The smallest absolute Gasteiger partial charge is 0.258 e. The molecule has 0 heterocycles. The van der Waals surface area contributed by atoms with Gasteiger partial charge in [-0.3, -0.25) is 10.1 Å². The summed E-state index contributed by atoms with van der Waals surface area (Å²) in [6.45, 7) is 0. The summed E-state index contributed by atoms with van der Waals surface area (Å²) in [6.07, 6.45) is 2.20. The largest absolute Gasteiger partial charge is 0.273 e. The second-order valence-corrected chi connectivity index (χ2v) is 4.37. The second kappa shape index (κ2) is 3.25. The molecule has 0 spiro atoms. The van der Waals surface area contributed by atoms with Gasteiger partial charge in [-0.1, -0.05) is 6.07 Å². The summed E-state index contributed by atoms with van der Waals surface area (Å²) >= 11 is 2.17. The average molecular weight is 289 g/mol. The van der Waals surface area contributed by atoms with E-state index in [4.69, 9.17) is 0 Å². The average Bonchev–Trinajstić information content (AvgIpc) is 2.86. The highest BCUT2D eigenvalue weighted by atomic mass is 127. The Balaban J connectivity index is 2.53. The lowest BCUT2D eigenvalue weighted by Crippen LogP contribution is -1.96. The van der Waals surface area contributed by atoms with Gasteiger partial charge in [-0.05, 0) is 47.4 Å². The SMILES string of the molecule is O=[N+]([O-])c1cccc(I)c1C1CC1. The van der Waals surface area contributed by atoms with Crippen LogP contribution >= 0.6 is 22.6 Å². The fraction of sp³-hybridized carbons (Fsp3) is 0.333. The predicted octanol–water partition coefficient (Wildman–Crippen LogP) is 3.08. The van der Waals surface area contributed by atoms with Gasteiger partial charge >= 0.3 is 0 Å². The molecule has 0 aliphatic heterocycles. The van der Waals surface area contributed by atoms with Crippen LogP contribution in [0, 0.1) is 13.7 Å². The second-order valence-electron chi connectivity index (χ2n) is 3.20. The number of hydrogen-bond donors (Lipinski definition) is 0. The first kappa shape index (κ1) is 8.93. The number of benzene rings is 1. The summed E-state index contributed by atoms with van der Waals surface area (Å²) < 4.78 is 1.02. The van der Waals surface area contributed by atoms with Gasteiger partial charge < -0.3 is 0 Å². The molecule has 1 aliphatic rings. The molecule has 0 radical (unpaired) electrons. The topological polar surface area (TPSA) is 43.1 Å². The highest BCUT2D eigenvalue weighted by molar-refractivity contribution is 14.1. The van der Waals surface area contributed by atoms with Crippen molar-refractivity contribution < 1.29 is 4.92 Å². The molecule has 0 amide bonds. The highest BCUT2D eigenvalue weighted by Crippen LogP contribution is 2.45. The molecule has 0 saturated heterocycles. The molecule has 0 N–H and O–H groups in total. The molecule has 0 bridgehead atoms. The van der Waals surface area contributed by atoms with Crippen LogP contribution in [0.25, 0.3) is 0 Å². The van der Waals surface area contributed by atoms with Crippen molar-refractivity contribution in [3.8, 4) is 0 Å². The molecule has 13 heavy (non-hydrogen) atoms. The summed E-state index contributed by atoms with van der Waals surface area (Å²) in [4.78, 5) is 10.4.